The molecule has 4 nitrogen and oxygen atoms in total. The van der Waals surface area contributed by atoms with Gasteiger partial charge in [-0.25, -0.2) is 4.39 Å². The van der Waals surface area contributed by atoms with E-state index in [9.17, 15) is 9.18 Å². The highest BCUT2D eigenvalue weighted by Gasteiger charge is 2.02. The predicted molar refractivity (Wildman–Crippen MR) is 82.7 cm³/mol. The molecule has 0 unspecified atom stereocenters. The number of nitrogens with one attached hydrogen (secondary N) is 1. The Morgan fingerprint density at radius 1 is 1.19 bits per heavy atom. The molecule has 0 heterocycles. The van der Waals surface area contributed by atoms with Crippen molar-refractivity contribution in [3.63, 3.8) is 0 Å². The van der Waals surface area contributed by atoms with Gasteiger partial charge in [-0.3, -0.25) is 4.79 Å². The number of carbonyl (C=O) groups is 1. The van der Waals surface area contributed by atoms with Gasteiger partial charge in [-0.15, -0.1) is 0 Å². The SMILES string of the molecule is O=C(CO/N=C/c1ccc(F)cc1)Nc1ccc(Br)cc1. The standard InChI is InChI=1S/C15H12BrFN2O2/c16-12-3-7-14(8-4-12)19-15(20)10-21-18-9-11-1-5-13(17)6-2-11/h1-9H,10H2,(H,19,20)/b18-9+. The van der Waals surface area contributed by atoms with Crippen LogP contribution in [0.15, 0.2) is 58.2 Å². The van der Waals surface area contributed by atoms with Gasteiger partial charge in [-0.2, -0.15) is 0 Å². The molecule has 0 saturated carbocycles. The lowest BCUT2D eigenvalue weighted by Gasteiger charge is -2.04. The maximum absolute atomic E-state index is 12.7. The Morgan fingerprint density at radius 3 is 2.52 bits per heavy atom. The summed E-state index contributed by atoms with van der Waals surface area (Å²) < 4.78 is 13.6. The largest absolute Gasteiger partial charge is 0.386 e. The van der Waals surface area contributed by atoms with E-state index in [0.717, 1.165) is 4.47 Å². The Balaban J connectivity index is 1.76. The van der Waals surface area contributed by atoms with E-state index in [2.05, 4.69) is 26.4 Å². The zero-order valence-corrected chi connectivity index (χ0v) is 12.5. The first-order valence-corrected chi connectivity index (χ1v) is 6.89. The molecule has 0 aliphatic heterocycles. The average molecular weight is 351 g/mol. The van der Waals surface area contributed by atoms with Gasteiger partial charge < -0.3 is 10.2 Å². The number of hydrogen-bond acceptors (Lipinski definition) is 3. The number of halogens is 2. The molecule has 2 aromatic carbocycles. The second kappa shape index (κ2) is 7.54. The third-order valence-electron chi connectivity index (χ3n) is 2.47. The maximum atomic E-state index is 12.7. The normalized spacial score (nSPS) is 10.6. The van der Waals surface area contributed by atoms with E-state index in [1.165, 1.54) is 18.3 Å². The van der Waals surface area contributed by atoms with Crippen molar-refractivity contribution >= 4 is 33.7 Å². The van der Waals surface area contributed by atoms with Gasteiger partial charge in [-0.1, -0.05) is 33.2 Å². The summed E-state index contributed by atoms with van der Waals surface area (Å²) in [6.45, 7) is -0.201. The summed E-state index contributed by atoms with van der Waals surface area (Å²) in [6, 6.07) is 12.9. The Bertz CT molecular complexity index is 627. The number of carbonyl (C=O) groups excluding carboxylic acids is 1. The highest BCUT2D eigenvalue weighted by atomic mass is 79.9. The zero-order chi connectivity index (χ0) is 15.1. The number of amides is 1. The van der Waals surface area contributed by atoms with E-state index in [4.69, 9.17) is 4.84 Å². The molecule has 1 amide bonds. The molecule has 0 aromatic heterocycles. The van der Waals surface area contributed by atoms with Gasteiger partial charge in [0.15, 0.2) is 6.61 Å². The minimum Gasteiger partial charge on any atom is -0.386 e. The van der Waals surface area contributed by atoms with E-state index in [0.29, 0.717) is 11.3 Å². The molecular weight excluding hydrogens is 339 g/mol. The van der Waals surface area contributed by atoms with Crippen molar-refractivity contribution in [2.24, 2.45) is 5.16 Å². The van der Waals surface area contributed by atoms with Gasteiger partial charge in [0.1, 0.15) is 5.82 Å². The van der Waals surface area contributed by atoms with Crippen molar-refractivity contribution in [2.75, 3.05) is 11.9 Å². The molecule has 21 heavy (non-hydrogen) atoms. The Labute approximate surface area is 129 Å². The summed E-state index contributed by atoms with van der Waals surface area (Å²) in [5, 5.41) is 6.32. The minimum absolute atomic E-state index is 0.201. The van der Waals surface area contributed by atoms with Crippen LogP contribution < -0.4 is 5.32 Å². The molecule has 6 heteroatoms. The van der Waals surface area contributed by atoms with Gasteiger partial charge in [0.25, 0.3) is 5.91 Å². The predicted octanol–water partition coefficient (Wildman–Crippen LogP) is 3.58. The fraction of sp³-hybridized carbons (Fsp3) is 0.0667. The van der Waals surface area contributed by atoms with Crippen molar-refractivity contribution < 1.29 is 14.0 Å². The van der Waals surface area contributed by atoms with Crippen LogP contribution in [-0.4, -0.2) is 18.7 Å². The molecule has 0 atom stereocenters. The Hall–Kier alpha value is -2.21. The van der Waals surface area contributed by atoms with Gasteiger partial charge in [0.05, 0.1) is 6.21 Å². The molecule has 0 radical (unpaired) electrons. The fourth-order valence-electron chi connectivity index (χ4n) is 1.47. The van der Waals surface area contributed by atoms with Crippen molar-refractivity contribution in [1.82, 2.24) is 0 Å². The number of hydrogen-bond donors (Lipinski definition) is 1. The summed E-state index contributed by atoms with van der Waals surface area (Å²) >= 11 is 3.31. The number of benzene rings is 2. The number of anilines is 1. The van der Waals surface area contributed by atoms with Crippen LogP contribution in [0.5, 0.6) is 0 Å². The molecule has 0 bridgehead atoms. The molecule has 2 rings (SSSR count). The van der Waals surface area contributed by atoms with E-state index < -0.39 is 0 Å². The zero-order valence-electron chi connectivity index (χ0n) is 10.9. The molecule has 0 aliphatic carbocycles. The third-order valence-corrected chi connectivity index (χ3v) is 3.00. The van der Waals surface area contributed by atoms with Gasteiger partial charge in [0.2, 0.25) is 0 Å². The van der Waals surface area contributed by atoms with Crippen LogP contribution in [0.25, 0.3) is 0 Å². The summed E-state index contributed by atoms with van der Waals surface area (Å²) in [5.74, 6) is -0.629. The van der Waals surface area contributed by atoms with E-state index in [1.54, 1.807) is 24.3 Å². The number of oxime groups is 1. The quantitative estimate of drug-likeness (QED) is 0.661. The van der Waals surface area contributed by atoms with Crippen molar-refractivity contribution in [1.29, 1.82) is 0 Å². The summed E-state index contributed by atoms with van der Waals surface area (Å²) in [7, 11) is 0. The lowest BCUT2D eigenvalue weighted by molar-refractivity contribution is -0.120. The van der Waals surface area contributed by atoms with Crippen LogP contribution in [0.2, 0.25) is 0 Å². The first-order valence-electron chi connectivity index (χ1n) is 6.10. The topological polar surface area (TPSA) is 50.7 Å². The Morgan fingerprint density at radius 2 is 1.86 bits per heavy atom. The van der Waals surface area contributed by atoms with Crippen LogP contribution in [-0.2, 0) is 9.63 Å². The maximum Gasteiger partial charge on any atom is 0.265 e. The van der Waals surface area contributed by atoms with Crippen molar-refractivity contribution in [3.8, 4) is 0 Å². The van der Waals surface area contributed by atoms with Crippen molar-refractivity contribution in [2.45, 2.75) is 0 Å². The summed E-state index contributed by atoms with van der Waals surface area (Å²) in [4.78, 5) is 16.5. The molecule has 0 saturated heterocycles. The Kier molecular flexibility index (Phi) is 5.45. The highest BCUT2D eigenvalue weighted by molar-refractivity contribution is 9.10. The highest BCUT2D eigenvalue weighted by Crippen LogP contribution is 2.13. The van der Waals surface area contributed by atoms with E-state index in [1.807, 2.05) is 12.1 Å². The second-order valence-corrected chi connectivity index (χ2v) is 5.03. The van der Waals surface area contributed by atoms with E-state index in [-0.39, 0.29) is 18.3 Å². The van der Waals surface area contributed by atoms with Gasteiger partial charge >= 0.3 is 0 Å². The number of rotatable bonds is 5. The lowest BCUT2D eigenvalue weighted by atomic mass is 10.2. The number of nitrogens with zero attached hydrogens (tertiary/aromatic N) is 1. The van der Waals surface area contributed by atoms with Crippen LogP contribution in [0.1, 0.15) is 5.56 Å². The monoisotopic (exact) mass is 350 g/mol. The first-order chi connectivity index (χ1) is 10.1. The molecular formula is C15H12BrFN2O2. The summed E-state index contributed by atoms with van der Waals surface area (Å²) in [6.07, 6.45) is 1.41. The summed E-state index contributed by atoms with van der Waals surface area (Å²) in [5.41, 5.74) is 1.36. The molecule has 1 N–H and O–H groups in total. The van der Waals surface area contributed by atoms with Gasteiger partial charge in [0, 0.05) is 10.2 Å². The van der Waals surface area contributed by atoms with Crippen LogP contribution in [0.4, 0.5) is 10.1 Å². The lowest BCUT2D eigenvalue weighted by Crippen LogP contribution is -2.16. The molecule has 2 aromatic rings. The molecule has 108 valence electrons. The van der Waals surface area contributed by atoms with Gasteiger partial charge in [-0.05, 0) is 42.0 Å². The van der Waals surface area contributed by atoms with Crippen molar-refractivity contribution in [3.05, 3.63) is 64.4 Å². The smallest absolute Gasteiger partial charge is 0.265 e. The third kappa shape index (κ3) is 5.35. The molecule has 0 aliphatic rings. The van der Waals surface area contributed by atoms with Crippen LogP contribution in [0, 0.1) is 5.82 Å². The molecule has 0 spiro atoms. The first kappa shape index (κ1) is 15.2. The second-order valence-electron chi connectivity index (χ2n) is 4.11. The van der Waals surface area contributed by atoms with Crippen LogP contribution >= 0.6 is 15.9 Å². The van der Waals surface area contributed by atoms with Crippen LogP contribution in [0.3, 0.4) is 0 Å². The molecule has 0 fully saturated rings. The van der Waals surface area contributed by atoms with E-state index >= 15 is 0 Å². The fourth-order valence-corrected chi connectivity index (χ4v) is 1.74. The average Bonchev–Trinajstić information content (AvgIpc) is 2.48. The minimum atomic E-state index is -0.318.